The number of fused-ring (bicyclic) bond motifs is 1. The largest absolute Gasteiger partial charge is 0.354 e. The molecule has 142 valence electrons. The number of nitrogens with zero attached hydrogens (tertiary/aromatic N) is 4. The summed E-state index contributed by atoms with van der Waals surface area (Å²) in [5.74, 6) is 0.698. The van der Waals surface area contributed by atoms with Crippen molar-refractivity contribution in [2.45, 2.75) is 52.1 Å². The first-order chi connectivity index (χ1) is 13.0. The SMILES string of the molecule is Cc1nn(CCCC(=O)N[C@H](C)CCc2ccccc2)c(=O)c2nccn12. The number of hydrogen-bond acceptors (Lipinski definition) is 4. The number of nitrogens with one attached hydrogen (secondary N) is 1. The summed E-state index contributed by atoms with van der Waals surface area (Å²) in [5.41, 5.74) is 1.40. The minimum atomic E-state index is -0.234. The highest BCUT2D eigenvalue weighted by Crippen LogP contribution is 2.05. The molecule has 0 unspecified atom stereocenters. The fourth-order valence-corrected chi connectivity index (χ4v) is 3.09. The van der Waals surface area contributed by atoms with E-state index in [9.17, 15) is 9.59 Å². The van der Waals surface area contributed by atoms with Gasteiger partial charge in [-0.15, -0.1) is 0 Å². The second-order valence-electron chi connectivity index (χ2n) is 6.79. The Kier molecular flexibility index (Phi) is 6.01. The number of carbonyl (C=O) groups is 1. The van der Waals surface area contributed by atoms with Crippen molar-refractivity contribution < 1.29 is 4.79 Å². The van der Waals surface area contributed by atoms with Crippen LogP contribution in [0.5, 0.6) is 0 Å². The minimum Gasteiger partial charge on any atom is -0.354 e. The van der Waals surface area contributed by atoms with Crippen LogP contribution in [0.3, 0.4) is 0 Å². The van der Waals surface area contributed by atoms with Crippen LogP contribution in [0.4, 0.5) is 0 Å². The lowest BCUT2D eigenvalue weighted by molar-refractivity contribution is -0.121. The maximum atomic E-state index is 12.3. The molecule has 1 amide bonds. The quantitative estimate of drug-likeness (QED) is 0.661. The molecule has 2 heterocycles. The van der Waals surface area contributed by atoms with Crippen molar-refractivity contribution in [3.8, 4) is 0 Å². The Morgan fingerprint density at radius 1 is 1.26 bits per heavy atom. The summed E-state index contributed by atoms with van der Waals surface area (Å²) >= 11 is 0. The molecule has 0 spiro atoms. The van der Waals surface area contributed by atoms with E-state index in [4.69, 9.17) is 0 Å². The van der Waals surface area contributed by atoms with Crippen LogP contribution in [0.25, 0.3) is 5.65 Å². The van der Waals surface area contributed by atoms with E-state index < -0.39 is 0 Å². The van der Waals surface area contributed by atoms with Gasteiger partial charge in [0.15, 0.2) is 0 Å². The highest BCUT2D eigenvalue weighted by molar-refractivity contribution is 5.76. The van der Waals surface area contributed by atoms with Crippen LogP contribution in [-0.4, -0.2) is 31.1 Å². The third-order valence-electron chi connectivity index (χ3n) is 4.57. The Hall–Kier alpha value is -2.96. The van der Waals surface area contributed by atoms with Crippen LogP contribution in [0.1, 0.15) is 37.6 Å². The van der Waals surface area contributed by atoms with Crippen LogP contribution in [0.15, 0.2) is 47.5 Å². The molecule has 0 saturated heterocycles. The fraction of sp³-hybridized carbons (Fsp3) is 0.400. The van der Waals surface area contributed by atoms with Crippen LogP contribution in [0.2, 0.25) is 0 Å². The van der Waals surface area contributed by atoms with Gasteiger partial charge in [0.1, 0.15) is 5.82 Å². The molecule has 3 aromatic rings. The van der Waals surface area contributed by atoms with Crippen LogP contribution in [-0.2, 0) is 17.8 Å². The van der Waals surface area contributed by atoms with Gasteiger partial charge in [-0.2, -0.15) is 5.10 Å². The molecule has 3 rings (SSSR count). The number of amides is 1. The number of aryl methyl sites for hydroxylation is 3. The summed E-state index contributed by atoms with van der Waals surface area (Å²) in [6.45, 7) is 4.24. The number of aromatic nitrogens is 4. The normalized spacial score (nSPS) is 12.2. The number of imidazole rings is 1. The van der Waals surface area contributed by atoms with Gasteiger partial charge in [0.25, 0.3) is 0 Å². The van der Waals surface area contributed by atoms with E-state index >= 15 is 0 Å². The summed E-state index contributed by atoms with van der Waals surface area (Å²) in [6, 6.07) is 10.4. The van der Waals surface area contributed by atoms with E-state index in [0.717, 1.165) is 12.8 Å². The molecule has 2 aromatic heterocycles. The van der Waals surface area contributed by atoms with Gasteiger partial charge in [-0.05, 0) is 38.7 Å². The zero-order chi connectivity index (χ0) is 19.2. The summed E-state index contributed by atoms with van der Waals surface area (Å²) in [4.78, 5) is 28.6. The van der Waals surface area contributed by atoms with Crippen molar-refractivity contribution in [2.24, 2.45) is 0 Å². The lowest BCUT2D eigenvalue weighted by Crippen LogP contribution is -2.33. The molecule has 27 heavy (non-hydrogen) atoms. The molecule has 0 bridgehead atoms. The van der Waals surface area contributed by atoms with Crippen molar-refractivity contribution in [2.75, 3.05) is 0 Å². The van der Waals surface area contributed by atoms with E-state index in [1.54, 1.807) is 16.8 Å². The van der Waals surface area contributed by atoms with Gasteiger partial charge in [0.2, 0.25) is 11.6 Å². The van der Waals surface area contributed by atoms with E-state index in [2.05, 4.69) is 27.5 Å². The molecular weight excluding hydrogens is 342 g/mol. The van der Waals surface area contributed by atoms with Crippen LogP contribution < -0.4 is 10.9 Å². The highest BCUT2D eigenvalue weighted by Gasteiger charge is 2.10. The van der Waals surface area contributed by atoms with Gasteiger partial charge in [-0.3, -0.25) is 14.0 Å². The lowest BCUT2D eigenvalue weighted by atomic mass is 10.1. The average Bonchev–Trinajstić information content (AvgIpc) is 3.15. The van der Waals surface area contributed by atoms with Gasteiger partial charge >= 0.3 is 5.56 Å². The smallest absolute Gasteiger partial charge is 0.310 e. The first-order valence-corrected chi connectivity index (χ1v) is 9.28. The fourth-order valence-electron chi connectivity index (χ4n) is 3.09. The Bertz CT molecular complexity index is 961. The lowest BCUT2D eigenvalue weighted by Gasteiger charge is -2.14. The second kappa shape index (κ2) is 8.62. The van der Waals surface area contributed by atoms with Gasteiger partial charge in [0.05, 0.1) is 0 Å². The topological polar surface area (TPSA) is 81.3 Å². The molecule has 7 heteroatoms. The van der Waals surface area contributed by atoms with Crippen LogP contribution >= 0.6 is 0 Å². The number of rotatable bonds is 8. The molecule has 0 saturated carbocycles. The predicted molar refractivity (Wildman–Crippen MR) is 104 cm³/mol. The molecule has 0 aliphatic carbocycles. The zero-order valence-electron chi connectivity index (χ0n) is 15.8. The third kappa shape index (κ3) is 4.81. The first-order valence-electron chi connectivity index (χ1n) is 9.28. The third-order valence-corrected chi connectivity index (χ3v) is 4.57. The molecule has 1 atom stereocenters. The summed E-state index contributed by atoms with van der Waals surface area (Å²) in [7, 11) is 0. The van der Waals surface area contributed by atoms with Gasteiger partial charge < -0.3 is 5.32 Å². The van der Waals surface area contributed by atoms with Crippen molar-refractivity contribution in [1.82, 2.24) is 24.5 Å². The average molecular weight is 367 g/mol. The number of carbonyl (C=O) groups excluding carboxylic acids is 1. The first kappa shape index (κ1) is 18.8. The molecule has 0 aliphatic rings. The van der Waals surface area contributed by atoms with Crippen LogP contribution in [0, 0.1) is 6.92 Å². The van der Waals surface area contributed by atoms with E-state index in [0.29, 0.717) is 30.9 Å². The highest BCUT2D eigenvalue weighted by atomic mass is 16.1. The number of hydrogen-bond donors (Lipinski definition) is 1. The van der Waals surface area contributed by atoms with Crippen molar-refractivity contribution in [3.05, 3.63) is 64.5 Å². The summed E-state index contributed by atoms with van der Waals surface area (Å²) < 4.78 is 3.06. The summed E-state index contributed by atoms with van der Waals surface area (Å²) in [6.07, 6.45) is 6.05. The molecule has 0 aliphatic heterocycles. The monoisotopic (exact) mass is 367 g/mol. The second-order valence-corrected chi connectivity index (χ2v) is 6.79. The van der Waals surface area contributed by atoms with E-state index in [1.807, 2.05) is 32.0 Å². The van der Waals surface area contributed by atoms with Crippen molar-refractivity contribution >= 4 is 11.6 Å². The standard InChI is InChI=1S/C20H25N5O2/c1-15(10-11-17-7-4-3-5-8-17)22-18(26)9-6-13-25-20(27)19-21-12-14-24(19)16(2)23-25/h3-5,7-8,12,14-15H,6,9-11,13H2,1-2H3,(H,22,26)/t15-/m1/s1. The Morgan fingerprint density at radius 2 is 2.04 bits per heavy atom. The van der Waals surface area contributed by atoms with Crippen molar-refractivity contribution in [1.29, 1.82) is 0 Å². The minimum absolute atomic E-state index is 0.00206. The van der Waals surface area contributed by atoms with Gasteiger partial charge in [-0.1, -0.05) is 30.3 Å². The maximum Gasteiger partial charge on any atom is 0.310 e. The Balaban J connectivity index is 1.45. The number of benzene rings is 1. The molecule has 7 nitrogen and oxygen atoms in total. The molecule has 1 N–H and O–H groups in total. The van der Waals surface area contributed by atoms with Crippen molar-refractivity contribution in [3.63, 3.8) is 0 Å². The van der Waals surface area contributed by atoms with E-state index in [-0.39, 0.29) is 17.5 Å². The van der Waals surface area contributed by atoms with E-state index in [1.165, 1.54) is 10.2 Å². The van der Waals surface area contributed by atoms with Gasteiger partial charge in [0, 0.05) is 31.4 Å². The molecule has 0 radical (unpaired) electrons. The Labute approximate surface area is 158 Å². The molecule has 1 aromatic carbocycles. The molecular formula is C20H25N5O2. The summed E-state index contributed by atoms with van der Waals surface area (Å²) in [5, 5.41) is 7.31. The van der Waals surface area contributed by atoms with Gasteiger partial charge in [-0.25, -0.2) is 9.67 Å². The maximum absolute atomic E-state index is 12.3. The Morgan fingerprint density at radius 3 is 2.81 bits per heavy atom. The molecule has 0 fully saturated rings. The zero-order valence-corrected chi connectivity index (χ0v) is 15.8. The predicted octanol–water partition coefficient (Wildman–Crippen LogP) is 2.12.